The van der Waals surface area contributed by atoms with Crippen molar-refractivity contribution in [2.24, 2.45) is 46.3 Å². The van der Waals surface area contributed by atoms with Crippen LogP contribution in [-0.2, 0) is 9.47 Å². The third kappa shape index (κ3) is 6.46. The average Bonchev–Trinajstić information content (AvgIpc) is 3.29. The molecule has 1 aliphatic heterocycles. The van der Waals surface area contributed by atoms with Gasteiger partial charge in [-0.05, 0) is 104 Å². The van der Waals surface area contributed by atoms with Crippen molar-refractivity contribution in [3.8, 4) is 0 Å². The number of amides is 1. The van der Waals surface area contributed by atoms with Crippen LogP contribution in [-0.4, -0.2) is 56.5 Å². The summed E-state index contributed by atoms with van der Waals surface area (Å²) in [4.78, 5) is 15.0. The van der Waals surface area contributed by atoms with Gasteiger partial charge in [0, 0.05) is 26.1 Å². The van der Waals surface area contributed by atoms with Gasteiger partial charge in [-0.15, -0.1) is 0 Å². The summed E-state index contributed by atoms with van der Waals surface area (Å²) in [6.07, 6.45) is 17.7. The molecule has 0 aromatic heterocycles. The van der Waals surface area contributed by atoms with Crippen LogP contribution in [0.1, 0.15) is 112 Å². The molecule has 0 bridgehead atoms. The first kappa shape index (κ1) is 30.4. The summed E-state index contributed by atoms with van der Waals surface area (Å²) >= 11 is 0. The molecule has 8 unspecified atom stereocenters. The molecule has 228 valence electrons. The number of rotatable bonds is 10. The van der Waals surface area contributed by atoms with E-state index in [1.807, 2.05) is 0 Å². The number of fused-ring (bicyclic) bond motifs is 5. The molecule has 0 radical (unpaired) electrons. The fourth-order valence-electron chi connectivity index (χ4n) is 10.3. The molecule has 5 aliphatic rings. The highest BCUT2D eigenvalue weighted by Gasteiger charge is 2.59. The van der Waals surface area contributed by atoms with Crippen LogP contribution >= 0.6 is 0 Å². The van der Waals surface area contributed by atoms with E-state index in [0.717, 1.165) is 87.6 Å². The largest absolute Gasteiger partial charge is 0.446 e. The minimum atomic E-state index is -0.224. The van der Waals surface area contributed by atoms with Gasteiger partial charge in [0.1, 0.15) is 6.10 Å². The first-order chi connectivity index (χ1) is 19.2. The molecule has 1 amide bonds. The van der Waals surface area contributed by atoms with Crippen molar-refractivity contribution in [1.82, 2.24) is 10.2 Å². The summed E-state index contributed by atoms with van der Waals surface area (Å²) in [7, 11) is 0. The van der Waals surface area contributed by atoms with Gasteiger partial charge in [-0.3, -0.25) is 4.90 Å². The van der Waals surface area contributed by atoms with Gasteiger partial charge >= 0.3 is 6.09 Å². The molecule has 8 atom stereocenters. The quantitative estimate of drug-likeness (QED) is 0.220. The van der Waals surface area contributed by atoms with Crippen molar-refractivity contribution in [1.29, 1.82) is 0 Å². The van der Waals surface area contributed by atoms with E-state index in [4.69, 9.17) is 9.47 Å². The highest BCUT2D eigenvalue weighted by molar-refractivity contribution is 5.67. The van der Waals surface area contributed by atoms with Gasteiger partial charge in [-0.2, -0.15) is 0 Å². The van der Waals surface area contributed by atoms with Crippen LogP contribution in [0.3, 0.4) is 0 Å². The first-order valence-electron chi connectivity index (χ1n) is 17.1. The van der Waals surface area contributed by atoms with Crippen LogP contribution in [0.5, 0.6) is 0 Å². The average molecular weight is 557 g/mol. The summed E-state index contributed by atoms with van der Waals surface area (Å²) in [5, 5.41) is 3.02. The van der Waals surface area contributed by atoms with E-state index in [1.165, 1.54) is 57.8 Å². The van der Waals surface area contributed by atoms with Crippen LogP contribution in [0.4, 0.5) is 4.79 Å². The van der Waals surface area contributed by atoms with Gasteiger partial charge in [0.2, 0.25) is 0 Å². The molecule has 4 aliphatic carbocycles. The number of ether oxygens (including phenoxy) is 2. The van der Waals surface area contributed by atoms with E-state index >= 15 is 0 Å². The summed E-state index contributed by atoms with van der Waals surface area (Å²) in [6, 6.07) is 0. The van der Waals surface area contributed by atoms with Crippen LogP contribution in [0.15, 0.2) is 11.6 Å². The van der Waals surface area contributed by atoms with E-state index in [9.17, 15) is 4.79 Å². The molecular weight excluding hydrogens is 496 g/mol. The molecule has 0 aromatic rings. The van der Waals surface area contributed by atoms with Crippen molar-refractivity contribution in [2.75, 3.05) is 39.4 Å². The Bertz CT molecular complexity index is 882. The zero-order chi connectivity index (χ0) is 28.3. The molecule has 0 aromatic carbocycles. The molecule has 5 nitrogen and oxygen atoms in total. The Morgan fingerprint density at radius 3 is 2.62 bits per heavy atom. The number of nitrogens with one attached hydrogen (secondary N) is 1. The second-order valence-electron chi connectivity index (χ2n) is 15.3. The molecule has 0 spiro atoms. The van der Waals surface area contributed by atoms with E-state index in [1.54, 1.807) is 5.57 Å². The lowest BCUT2D eigenvalue weighted by molar-refractivity contribution is -0.0581. The minimum Gasteiger partial charge on any atom is -0.446 e. The smallest absolute Gasteiger partial charge is 0.407 e. The normalized spacial score (nSPS) is 38.6. The summed E-state index contributed by atoms with van der Waals surface area (Å²) in [5.41, 5.74) is 2.45. The van der Waals surface area contributed by atoms with E-state index in [0.29, 0.717) is 17.4 Å². The molecular formula is C35H60N2O3. The number of carbonyl (C=O) groups excluding carboxylic acids is 1. The standard InChI is InChI=1S/C35H60N2O3/c1-25(2)8-6-9-26(3)30-12-13-31-29-11-10-27-24-28(14-16-34(27,4)32(29)15-17-35(30,31)5)40-33(38)36-18-7-19-37-20-22-39-23-21-37/h10,25-26,28-32H,6-9,11-24H2,1-5H3,(H,36,38). The number of nitrogens with zero attached hydrogens (tertiary/aromatic N) is 1. The molecule has 3 saturated carbocycles. The second-order valence-corrected chi connectivity index (χ2v) is 15.3. The van der Waals surface area contributed by atoms with E-state index in [2.05, 4.69) is 50.9 Å². The first-order valence-corrected chi connectivity index (χ1v) is 17.1. The third-order valence-electron chi connectivity index (χ3n) is 12.6. The lowest BCUT2D eigenvalue weighted by Crippen LogP contribution is -2.51. The van der Waals surface area contributed by atoms with Gasteiger partial charge in [0.05, 0.1) is 13.2 Å². The van der Waals surface area contributed by atoms with Crippen LogP contribution in [0, 0.1) is 46.3 Å². The summed E-state index contributed by atoms with van der Waals surface area (Å²) in [6.45, 7) is 17.9. The maximum atomic E-state index is 12.6. The number of alkyl carbamates (subject to hydrolysis) is 1. The lowest BCUT2D eigenvalue weighted by Gasteiger charge is -2.58. The highest BCUT2D eigenvalue weighted by atomic mass is 16.6. The Hall–Kier alpha value is -1.07. The fraction of sp³-hybridized carbons (Fsp3) is 0.914. The van der Waals surface area contributed by atoms with Gasteiger partial charge in [0.15, 0.2) is 0 Å². The van der Waals surface area contributed by atoms with Crippen molar-refractivity contribution in [3.05, 3.63) is 11.6 Å². The zero-order valence-electron chi connectivity index (χ0n) is 26.5. The maximum Gasteiger partial charge on any atom is 0.407 e. The Kier molecular flexibility index (Phi) is 9.92. The third-order valence-corrected chi connectivity index (χ3v) is 12.6. The number of morpholine rings is 1. The van der Waals surface area contributed by atoms with Crippen LogP contribution < -0.4 is 5.32 Å². The van der Waals surface area contributed by atoms with Crippen molar-refractivity contribution in [2.45, 2.75) is 118 Å². The van der Waals surface area contributed by atoms with Crippen LogP contribution in [0.25, 0.3) is 0 Å². The minimum absolute atomic E-state index is 0.0338. The molecule has 1 heterocycles. The summed E-state index contributed by atoms with van der Waals surface area (Å²) < 4.78 is 11.4. The zero-order valence-corrected chi connectivity index (χ0v) is 26.5. The van der Waals surface area contributed by atoms with Gasteiger partial charge in [-0.1, -0.05) is 65.5 Å². The Balaban J connectivity index is 1.12. The maximum absolute atomic E-state index is 12.6. The van der Waals surface area contributed by atoms with Gasteiger partial charge in [0.25, 0.3) is 0 Å². The van der Waals surface area contributed by atoms with Crippen LogP contribution in [0.2, 0.25) is 0 Å². The van der Waals surface area contributed by atoms with E-state index < -0.39 is 0 Å². The number of carbonyl (C=O) groups is 1. The molecule has 5 heteroatoms. The van der Waals surface area contributed by atoms with Gasteiger partial charge < -0.3 is 14.8 Å². The lowest BCUT2D eigenvalue weighted by atomic mass is 9.47. The van der Waals surface area contributed by atoms with Crippen molar-refractivity contribution >= 4 is 6.09 Å². The number of hydrogen-bond acceptors (Lipinski definition) is 4. The Morgan fingerprint density at radius 1 is 1.05 bits per heavy atom. The molecule has 1 saturated heterocycles. The molecule has 40 heavy (non-hydrogen) atoms. The predicted octanol–water partition coefficient (Wildman–Crippen LogP) is 7.84. The van der Waals surface area contributed by atoms with Crippen molar-refractivity contribution < 1.29 is 14.3 Å². The number of hydrogen-bond donors (Lipinski definition) is 1. The van der Waals surface area contributed by atoms with Gasteiger partial charge in [-0.25, -0.2) is 4.79 Å². The summed E-state index contributed by atoms with van der Waals surface area (Å²) in [5.74, 6) is 5.19. The Labute approximate surface area is 245 Å². The van der Waals surface area contributed by atoms with E-state index in [-0.39, 0.29) is 12.2 Å². The fourth-order valence-corrected chi connectivity index (χ4v) is 10.3. The topological polar surface area (TPSA) is 50.8 Å². The molecule has 5 rings (SSSR count). The predicted molar refractivity (Wildman–Crippen MR) is 163 cm³/mol. The SMILES string of the molecule is CC(C)CCCC(C)C1CCC2C3CC=C4CC(OC(=O)NCCCN5CCOCC5)CCC4(C)C3CCC12C. The number of allylic oxidation sites excluding steroid dienone is 1. The second kappa shape index (κ2) is 13.1. The van der Waals surface area contributed by atoms with Crippen molar-refractivity contribution in [3.63, 3.8) is 0 Å². The highest BCUT2D eigenvalue weighted by Crippen LogP contribution is 2.67. The molecule has 4 fully saturated rings. The Morgan fingerprint density at radius 2 is 1.85 bits per heavy atom. The monoisotopic (exact) mass is 556 g/mol. The molecule has 1 N–H and O–H groups in total.